The zero-order valence-corrected chi connectivity index (χ0v) is 25.5. The Balaban J connectivity index is 1.75. The first kappa shape index (κ1) is 31.1. The number of amides is 2. The molecule has 1 saturated carbocycles. The lowest BCUT2D eigenvalue weighted by Gasteiger charge is -2.34. The molecule has 0 aliphatic heterocycles. The van der Waals surface area contributed by atoms with E-state index >= 15 is 0 Å². The van der Waals surface area contributed by atoms with Crippen LogP contribution in [0.5, 0.6) is 5.75 Å². The smallest absolute Gasteiger partial charge is 0.244 e. The molecule has 1 N–H and O–H groups in total. The van der Waals surface area contributed by atoms with Crippen molar-refractivity contribution in [2.75, 3.05) is 23.7 Å². The number of hydrogen-bond acceptors (Lipinski definition) is 5. The summed E-state index contributed by atoms with van der Waals surface area (Å²) in [5, 5.41) is 3.19. The fourth-order valence-electron chi connectivity index (χ4n) is 5.43. The normalized spacial score (nSPS) is 14.3. The van der Waals surface area contributed by atoms with Gasteiger partial charge >= 0.3 is 0 Å². The largest absolute Gasteiger partial charge is 0.492 e. The molecule has 0 bridgehead atoms. The molecule has 2 amide bonds. The molecule has 3 aromatic carbocycles. The first-order chi connectivity index (χ1) is 20.2. The van der Waals surface area contributed by atoms with Gasteiger partial charge in [0.1, 0.15) is 18.3 Å². The molecule has 1 atom stereocenters. The lowest BCUT2D eigenvalue weighted by molar-refractivity contribution is -0.140. The summed E-state index contributed by atoms with van der Waals surface area (Å²) in [4.78, 5) is 29.8. The van der Waals surface area contributed by atoms with E-state index in [1.54, 1.807) is 29.2 Å². The van der Waals surface area contributed by atoms with E-state index < -0.39 is 28.5 Å². The predicted octanol–water partition coefficient (Wildman–Crippen LogP) is 4.86. The first-order valence-corrected chi connectivity index (χ1v) is 16.4. The Morgan fingerprint density at radius 2 is 1.60 bits per heavy atom. The highest BCUT2D eigenvalue weighted by atomic mass is 32.2. The maximum absolute atomic E-state index is 14.3. The van der Waals surface area contributed by atoms with Crippen LogP contribution in [0.2, 0.25) is 0 Å². The van der Waals surface area contributed by atoms with Gasteiger partial charge in [-0.05, 0) is 55.5 Å². The topological polar surface area (TPSA) is 96.0 Å². The highest BCUT2D eigenvalue weighted by Gasteiger charge is 2.35. The maximum atomic E-state index is 14.3. The second-order valence-electron chi connectivity index (χ2n) is 10.8. The van der Waals surface area contributed by atoms with Crippen molar-refractivity contribution in [1.82, 2.24) is 10.2 Å². The summed E-state index contributed by atoms with van der Waals surface area (Å²) in [5.74, 6) is -0.339. The number of nitrogens with zero attached hydrogens (tertiary/aromatic N) is 2. The maximum Gasteiger partial charge on any atom is 0.244 e. The van der Waals surface area contributed by atoms with Crippen LogP contribution in [0.3, 0.4) is 0 Å². The molecule has 0 radical (unpaired) electrons. The second-order valence-corrected chi connectivity index (χ2v) is 12.7. The Labute approximate surface area is 249 Å². The van der Waals surface area contributed by atoms with Crippen LogP contribution in [0.15, 0.2) is 78.9 Å². The summed E-state index contributed by atoms with van der Waals surface area (Å²) in [5.41, 5.74) is 3.05. The molecule has 0 saturated heterocycles. The van der Waals surface area contributed by atoms with Gasteiger partial charge in [-0.15, -0.1) is 0 Å². The predicted molar refractivity (Wildman–Crippen MR) is 166 cm³/mol. The van der Waals surface area contributed by atoms with E-state index in [2.05, 4.69) is 5.32 Å². The number of para-hydroxylation sites is 2. The number of anilines is 1. The van der Waals surface area contributed by atoms with Gasteiger partial charge in [0.25, 0.3) is 0 Å². The number of sulfonamides is 1. The van der Waals surface area contributed by atoms with Crippen molar-refractivity contribution >= 4 is 27.5 Å². The van der Waals surface area contributed by atoms with Crippen LogP contribution in [0.25, 0.3) is 0 Å². The van der Waals surface area contributed by atoms with Crippen LogP contribution in [-0.2, 0) is 32.6 Å². The van der Waals surface area contributed by atoms with Gasteiger partial charge in [-0.3, -0.25) is 13.9 Å². The lowest BCUT2D eigenvalue weighted by atomic mass is 10.0. The minimum atomic E-state index is -3.89. The minimum Gasteiger partial charge on any atom is -0.492 e. The van der Waals surface area contributed by atoms with E-state index in [0.29, 0.717) is 18.8 Å². The van der Waals surface area contributed by atoms with E-state index in [4.69, 9.17) is 4.74 Å². The highest BCUT2D eigenvalue weighted by Crippen LogP contribution is 2.30. The molecule has 4 rings (SSSR count). The molecule has 3 aromatic rings. The molecule has 9 heteroatoms. The standard InChI is InChI=1S/C33H41N3O5S/c1-4-41-31-21-13-12-20-29(31)36(42(3,39)40)24-32(37)35(23-27-17-9-8-14-25(27)2)30(22-26-15-6-5-7-16-26)33(38)34-28-18-10-11-19-28/h5-9,12-17,20-21,28,30H,4,10-11,18-19,22-24H2,1-3H3,(H,34,38). The molecule has 1 unspecified atom stereocenters. The van der Waals surface area contributed by atoms with Crippen molar-refractivity contribution < 1.29 is 22.7 Å². The Bertz CT molecular complexity index is 1460. The summed E-state index contributed by atoms with van der Waals surface area (Å²) in [6.07, 6.45) is 5.30. The summed E-state index contributed by atoms with van der Waals surface area (Å²) in [7, 11) is -3.89. The molecule has 1 aliphatic rings. The van der Waals surface area contributed by atoms with Crippen molar-refractivity contribution in [2.24, 2.45) is 0 Å². The molecule has 1 aliphatic carbocycles. The van der Waals surface area contributed by atoms with Crippen LogP contribution >= 0.6 is 0 Å². The molecule has 0 heterocycles. The van der Waals surface area contributed by atoms with E-state index in [1.165, 1.54) is 0 Å². The fraction of sp³-hybridized carbons (Fsp3) is 0.394. The van der Waals surface area contributed by atoms with Crippen molar-refractivity contribution in [3.05, 3.63) is 95.6 Å². The van der Waals surface area contributed by atoms with Gasteiger partial charge in [0, 0.05) is 19.0 Å². The molecule has 224 valence electrons. The third-order valence-electron chi connectivity index (χ3n) is 7.69. The Morgan fingerprint density at radius 3 is 2.26 bits per heavy atom. The Hall–Kier alpha value is -3.85. The fourth-order valence-corrected chi connectivity index (χ4v) is 6.28. The van der Waals surface area contributed by atoms with Gasteiger partial charge in [0.15, 0.2) is 0 Å². The monoisotopic (exact) mass is 591 g/mol. The number of carbonyl (C=O) groups excluding carboxylic acids is 2. The van der Waals surface area contributed by atoms with E-state index in [0.717, 1.165) is 52.9 Å². The minimum absolute atomic E-state index is 0.0665. The summed E-state index contributed by atoms with van der Waals surface area (Å²) in [6, 6.07) is 23.3. The molecule has 0 aromatic heterocycles. The van der Waals surface area contributed by atoms with E-state index in [9.17, 15) is 18.0 Å². The highest BCUT2D eigenvalue weighted by molar-refractivity contribution is 7.92. The summed E-state index contributed by atoms with van der Waals surface area (Å²) < 4.78 is 33.0. The van der Waals surface area contributed by atoms with Crippen molar-refractivity contribution in [3.63, 3.8) is 0 Å². The number of benzene rings is 3. The van der Waals surface area contributed by atoms with Crippen LogP contribution in [0.4, 0.5) is 5.69 Å². The number of carbonyl (C=O) groups is 2. The third kappa shape index (κ3) is 8.12. The average molecular weight is 592 g/mol. The van der Waals surface area contributed by atoms with Crippen molar-refractivity contribution in [2.45, 2.75) is 64.6 Å². The third-order valence-corrected chi connectivity index (χ3v) is 8.81. The molecule has 1 fully saturated rings. The van der Waals surface area contributed by atoms with Crippen LogP contribution in [0, 0.1) is 6.92 Å². The molecule has 42 heavy (non-hydrogen) atoms. The number of aryl methyl sites for hydroxylation is 1. The lowest BCUT2D eigenvalue weighted by Crippen LogP contribution is -2.54. The quantitative estimate of drug-likeness (QED) is 0.306. The summed E-state index contributed by atoms with van der Waals surface area (Å²) in [6.45, 7) is 3.79. The van der Waals surface area contributed by atoms with Gasteiger partial charge in [0.2, 0.25) is 21.8 Å². The SMILES string of the molecule is CCOc1ccccc1N(CC(=O)N(Cc1ccccc1C)C(Cc1ccccc1)C(=O)NC1CCCC1)S(C)(=O)=O. The van der Waals surface area contributed by atoms with Crippen LogP contribution in [0.1, 0.15) is 49.3 Å². The second kappa shape index (κ2) is 14.4. The van der Waals surface area contributed by atoms with Crippen molar-refractivity contribution in [3.8, 4) is 5.75 Å². The molecule has 0 spiro atoms. The van der Waals surface area contributed by atoms with E-state index in [1.807, 2.05) is 68.4 Å². The molecule has 8 nitrogen and oxygen atoms in total. The van der Waals surface area contributed by atoms with Gasteiger partial charge < -0.3 is 15.0 Å². The van der Waals surface area contributed by atoms with Crippen molar-refractivity contribution in [1.29, 1.82) is 0 Å². The zero-order chi connectivity index (χ0) is 30.1. The van der Waals surface area contributed by atoms with Gasteiger partial charge in [-0.2, -0.15) is 0 Å². The zero-order valence-electron chi connectivity index (χ0n) is 24.7. The number of ether oxygens (including phenoxy) is 1. The van der Waals surface area contributed by atoms with Crippen LogP contribution < -0.4 is 14.4 Å². The number of nitrogens with one attached hydrogen (secondary N) is 1. The first-order valence-electron chi connectivity index (χ1n) is 14.5. The Kier molecular flexibility index (Phi) is 10.6. The van der Waals surface area contributed by atoms with Crippen LogP contribution in [-0.4, -0.2) is 56.6 Å². The van der Waals surface area contributed by atoms with E-state index in [-0.39, 0.29) is 24.2 Å². The number of hydrogen-bond donors (Lipinski definition) is 1. The molecular formula is C33H41N3O5S. The summed E-state index contributed by atoms with van der Waals surface area (Å²) >= 11 is 0. The average Bonchev–Trinajstić information content (AvgIpc) is 3.48. The van der Waals surface area contributed by atoms with Gasteiger partial charge in [-0.25, -0.2) is 8.42 Å². The van der Waals surface area contributed by atoms with Gasteiger partial charge in [-0.1, -0.05) is 79.6 Å². The molecular weight excluding hydrogens is 550 g/mol. The Morgan fingerprint density at radius 1 is 0.952 bits per heavy atom. The number of rotatable bonds is 13. The van der Waals surface area contributed by atoms with Gasteiger partial charge in [0.05, 0.1) is 18.6 Å².